The van der Waals surface area contributed by atoms with Gasteiger partial charge >= 0.3 is 0 Å². The van der Waals surface area contributed by atoms with Gasteiger partial charge < -0.3 is 5.32 Å². The van der Waals surface area contributed by atoms with Crippen molar-refractivity contribution in [2.75, 3.05) is 6.54 Å². The predicted octanol–water partition coefficient (Wildman–Crippen LogP) is 3.16. The van der Waals surface area contributed by atoms with Gasteiger partial charge in [-0.05, 0) is 66.8 Å². The normalized spacial score (nSPS) is 12.5. The Balaban J connectivity index is 1.59. The fraction of sp³-hybridized carbons (Fsp3) is 0.200. The fourth-order valence-corrected chi connectivity index (χ4v) is 4.39. The summed E-state index contributed by atoms with van der Waals surface area (Å²) in [6.45, 7) is 2.21. The Bertz CT molecular complexity index is 1000. The van der Waals surface area contributed by atoms with Gasteiger partial charge in [-0.25, -0.2) is 13.1 Å². The Kier molecular flexibility index (Phi) is 6.56. The Morgan fingerprint density at radius 3 is 2.46 bits per heavy atom. The molecule has 1 atom stereocenters. The molecule has 2 N–H and O–H groups in total. The van der Waals surface area contributed by atoms with Crippen LogP contribution in [-0.4, -0.2) is 25.9 Å². The Morgan fingerprint density at radius 2 is 1.82 bits per heavy atom. The number of amides is 1. The SMILES string of the molecule is CC(NC(=O)c1ccc(S(=O)(=O)NCCc2cccs2)cc1)c1ccncc1. The third-order valence-electron chi connectivity index (χ3n) is 4.22. The molecule has 6 nitrogen and oxygen atoms in total. The van der Waals surface area contributed by atoms with Crippen molar-refractivity contribution in [3.63, 3.8) is 0 Å². The number of carbonyl (C=O) groups excluding carboxylic acids is 1. The molecular formula is C20H21N3O3S2. The number of thiophene rings is 1. The van der Waals surface area contributed by atoms with E-state index in [2.05, 4.69) is 15.0 Å². The first-order valence-corrected chi connectivity index (χ1v) is 11.1. The lowest BCUT2D eigenvalue weighted by molar-refractivity contribution is 0.0939. The van der Waals surface area contributed by atoms with Crippen molar-refractivity contribution in [2.24, 2.45) is 0 Å². The van der Waals surface area contributed by atoms with E-state index < -0.39 is 10.0 Å². The summed E-state index contributed by atoms with van der Waals surface area (Å²) in [4.78, 5) is 17.6. The van der Waals surface area contributed by atoms with Crippen molar-refractivity contribution in [2.45, 2.75) is 24.3 Å². The van der Waals surface area contributed by atoms with Gasteiger partial charge in [0, 0.05) is 29.4 Å². The molecule has 3 aromatic rings. The van der Waals surface area contributed by atoms with E-state index in [1.807, 2.05) is 36.6 Å². The Labute approximate surface area is 168 Å². The monoisotopic (exact) mass is 415 g/mol. The molecule has 146 valence electrons. The van der Waals surface area contributed by atoms with Gasteiger partial charge in [0.25, 0.3) is 5.91 Å². The van der Waals surface area contributed by atoms with Gasteiger partial charge in [-0.3, -0.25) is 9.78 Å². The molecule has 0 spiro atoms. The van der Waals surface area contributed by atoms with Crippen LogP contribution in [0.5, 0.6) is 0 Å². The summed E-state index contributed by atoms with van der Waals surface area (Å²) >= 11 is 1.59. The van der Waals surface area contributed by atoms with Gasteiger partial charge in [-0.15, -0.1) is 11.3 Å². The minimum Gasteiger partial charge on any atom is -0.346 e. The summed E-state index contributed by atoms with van der Waals surface area (Å²) < 4.78 is 27.4. The zero-order valence-electron chi connectivity index (χ0n) is 15.3. The van der Waals surface area contributed by atoms with Gasteiger partial charge in [-0.1, -0.05) is 6.07 Å². The predicted molar refractivity (Wildman–Crippen MR) is 110 cm³/mol. The van der Waals surface area contributed by atoms with Crippen LogP contribution in [0.2, 0.25) is 0 Å². The number of benzene rings is 1. The second-order valence-corrected chi connectivity index (χ2v) is 9.03. The zero-order chi connectivity index (χ0) is 20.0. The standard InChI is InChI=1S/C20H21N3O3S2/c1-15(16-8-11-21-12-9-16)23-20(24)17-4-6-19(7-5-17)28(25,26)22-13-10-18-3-2-14-27-18/h2-9,11-12,14-15,22H,10,13H2,1H3,(H,23,24). The molecule has 3 rings (SSSR count). The van der Waals surface area contributed by atoms with E-state index in [1.165, 1.54) is 24.3 Å². The second-order valence-electron chi connectivity index (χ2n) is 6.23. The Morgan fingerprint density at radius 1 is 1.11 bits per heavy atom. The van der Waals surface area contributed by atoms with Crippen molar-refractivity contribution in [1.82, 2.24) is 15.0 Å². The van der Waals surface area contributed by atoms with Crippen LogP contribution in [-0.2, 0) is 16.4 Å². The third kappa shape index (κ3) is 5.25. The Hall–Kier alpha value is -2.55. The summed E-state index contributed by atoms with van der Waals surface area (Å²) in [5.74, 6) is -0.265. The summed E-state index contributed by atoms with van der Waals surface area (Å²) in [5, 5.41) is 4.85. The van der Waals surface area contributed by atoms with Crippen LogP contribution >= 0.6 is 11.3 Å². The van der Waals surface area contributed by atoms with Crippen LogP contribution in [0.1, 0.15) is 33.8 Å². The van der Waals surface area contributed by atoms with Crippen LogP contribution in [0, 0.1) is 0 Å². The number of aromatic nitrogens is 1. The van der Waals surface area contributed by atoms with E-state index in [9.17, 15) is 13.2 Å². The van der Waals surface area contributed by atoms with Gasteiger partial charge in [0.15, 0.2) is 0 Å². The van der Waals surface area contributed by atoms with Gasteiger partial charge in [0.2, 0.25) is 10.0 Å². The quantitative estimate of drug-likeness (QED) is 0.592. The number of hydrogen-bond donors (Lipinski definition) is 2. The smallest absolute Gasteiger partial charge is 0.251 e. The molecule has 1 aromatic carbocycles. The third-order valence-corrected chi connectivity index (χ3v) is 6.64. The molecule has 0 bridgehead atoms. The lowest BCUT2D eigenvalue weighted by Crippen LogP contribution is -2.27. The molecular weight excluding hydrogens is 394 g/mol. The lowest BCUT2D eigenvalue weighted by Gasteiger charge is -2.14. The summed E-state index contributed by atoms with van der Waals surface area (Å²) in [7, 11) is -3.61. The molecule has 0 saturated heterocycles. The maximum Gasteiger partial charge on any atom is 0.251 e. The van der Waals surface area contributed by atoms with Crippen LogP contribution in [0.15, 0.2) is 71.2 Å². The van der Waals surface area contributed by atoms with Crippen LogP contribution in [0.3, 0.4) is 0 Å². The van der Waals surface area contributed by atoms with Crippen molar-refractivity contribution >= 4 is 27.3 Å². The number of nitrogens with one attached hydrogen (secondary N) is 2. The number of rotatable bonds is 8. The van der Waals surface area contributed by atoms with Crippen LogP contribution in [0.25, 0.3) is 0 Å². The largest absolute Gasteiger partial charge is 0.346 e. The minimum absolute atomic E-state index is 0.136. The van der Waals surface area contributed by atoms with Crippen LogP contribution < -0.4 is 10.0 Å². The molecule has 8 heteroatoms. The highest BCUT2D eigenvalue weighted by atomic mass is 32.2. The van der Waals surface area contributed by atoms with Gasteiger partial charge in [0.05, 0.1) is 10.9 Å². The van der Waals surface area contributed by atoms with E-state index in [0.717, 1.165) is 10.4 Å². The number of nitrogens with zero attached hydrogens (tertiary/aromatic N) is 1. The van der Waals surface area contributed by atoms with E-state index in [-0.39, 0.29) is 16.8 Å². The number of carbonyl (C=O) groups is 1. The fourth-order valence-electron chi connectivity index (χ4n) is 2.65. The molecule has 2 heterocycles. The summed E-state index contributed by atoms with van der Waals surface area (Å²) in [5.41, 5.74) is 1.34. The topological polar surface area (TPSA) is 88.2 Å². The molecule has 0 fully saturated rings. The minimum atomic E-state index is -3.61. The summed E-state index contributed by atoms with van der Waals surface area (Å²) in [6, 6.07) is 13.3. The molecule has 0 aliphatic rings. The molecule has 2 aromatic heterocycles. The number of hydrogen-bond acceptors (Lipinski definition) is 5. The van der Waals surface area contributed by atoms with E-state index in [0.29, 0.717) is 18.5 Å². The maximum absolute atomic E-state index is 12.4. The zero-order valence-corrected chi connectivity index (χ0v) is 17.0. The molecule has 1 amide bonds. The maximum atomic E-state index is 12.4. The lowest BCUT2D eigenvalue weighted by atomic mass is 10.1. The van der Waals surface area contributed by atoms with E-state index >= 15 is 0 Å². The van der Waals surface area contributed by atoms with Crippen molar-refractivity contribution in [3.05, 3.63) is 82.3 Å². The molecule has 0 radical (unpaired) electrons. The van der Waals surface area contributed by atoms with Gasteiger partial charge in [-0.2, -0.15) is 0 Å². The second kappa shape index (κ2) is 9.09. The van der Waals surface area contributed by atoms with Crippen molar-refractivity contribution in [1.29, 1.82) is 0 Å². The highest BCUT2D eigenvalue weighted by Crippen LogP contribution is 2.14. The first-order valence-electron chi connectivity index (χ1n) is 8.78. The number of sulfonamides is 1. The molecule has 0 aliphatic carbocycles. The molecule has 0 saturated carbocycles. The summed E-state index contributed by atoms with van der Waals surface area (Å²) in [6.07, 6.45) is 3.98. The van der Waals surface area contributed by atoms with Crippen LogP contribution in [0.4, 0.5) is 0 Å². The first kappa shape index (κ1) is 20.2. The highest BCUT2D eigenvalue weighted by Gasteiger charge is 2.16. The van der Waals surface area contributed by atoms with Gasteiger partial charge in [0.1, 0.15) is 0 Å². The molecule has 1 unspecified atom stereocenters. The first-order chi connectivity index (χ1) is 13.5. The molecule has 0 aliphatic heterocycles. The van der Waals surface area contributed by atoms with E-state index in [4.69, 9.17) is 0 Å². The van der Waals surface area contributed by atoms with E-state index in [1.54, 1.807) is 23.7 Å². The average molecular weight is 416 g/mol. The van der Waals surface area contributed by atoms with Crippen molar-refractivity contribution in [3.8, 4) is 0 Å². The van der Waals surface area contributed by atoms with Crippen molar-refractivity contribution < 1.29 is 13.2 Å². The number of pyridine rings is 1. The highest BCUT2D eigenvalue weighted by molar-refractivity contribution is 7.89. The average Bonchev–Trinajstić information content (AvgIpc) is 3.22. The molecule has 28 heavy (non-hydrogen) atoms.